The number of aromatic amines is 1. The highest BCUT2D eigenvalue weighted by Crippen LogP contribution is 2.33. The molecule has 0 atom stereocenters. The molecule has 1 aromatic heterocycles. The number of amides is 2. The molecule has 43 heavy (non-hydrogen) atoms. The first kappa shape index (κ1) is 30.0. The molecule has 0 spiro atoms. The topological polar surface area (TPSA) is 101 Å². The monoisotopic (exact) mass is 579 g/mol. The Bertz CT molecular complexity index is 1590. The van der Waals surface area contributed by atoms with Crippen LogP contribution in [-0.2, 0) is 4.79 Å². The van der Waals surface area contributed by atoms with Crippen molar-refractivity contribution in [1.29, 1.82) is 0 Å². The second-order valence-corrected chi connectivity index (χ2v) is 11.6. The molecule has 1 aliphatic rings. The number of carbonyl (C=O) groups is 2. The summed E-state index contributed by atoms with van der Waals surface area (Å²) in [5, 5.41) is 15.0. The Balaban J connectivity index is 1.49. The van der Waals surface area contributed by atoms with Gasteiger partial charge in [0.2, 0.25) is 5.91 Å². The van der Waals surface area contributed by atoms with Crippen LogP contribution in [0.2, 0.25) is 0 Å². The van der Waals surface area contributed by atoms with Crippen LogP contribution >= 0.6 is 0 Å². The summed E-state index contributed by atoms with van der Waals surface area (Å²) in [4.78, 5) is 37.3. The number of nitrogens with one attached hydrogen (secondary N) is 2. The number of H-pyrrole nitrogens is 1. The number of anilines is 1. The Morgan fingerprint density at radius 2 is 1.65 bits per heavy atom. The lowest BCUT2D eigenvalue weighted by atomic mass is 9.89. The molecular weight excluding hydrogens is 538 g/mol. The fourth-order valence-corrected chi connectivity index (χ4v) is 5.75. The molecule has 8 heteroatoms. The van der Waals surface area contributed by atoms with E-state index in [4.69, 9.17) is 4.99 Å². The van der Waals surface area contributed by atoms with Gasteiger partial charge in [-0.25, -0.2) is 4.99 Å². The fraction of sp³-hybridized carbons (Fsp3) is 0.343. The zero-order valence-corrected chi connectivity index (χ0v) is 25.3. The van der Waals surface area contributed by atoms with Crippen molar-refractivity contribution in [2.75, 3.05) is 38.6 Å². The number of aromatic nitrogens is 1. The molecule has 1 aliphatic carbocycles. The second-order valence-electron chi connectivity index (χ2n) is 11.6. The molecule has 0 bridgehead atoms. The Hall–Kier alpha value is -4.43. The maximum atomic E-state index is 13.2. The minimum Gasteiger partial charge on any atom is -0.494 e. The lowest BCUT2D eigenvalue weighted by molar-refractivity contribution is -0.116. The summed E-state index contributed by atoms with van der Waals surface area (Å²) in [6, 6.07) is 22.7. The molecule has 1 heterocycles. The van der Waals surface area contributed by atoms with Crippen LogP contribution < -0.4 is 10.2 Å². The summed E-state index contributed by atoms with van der Waals surface area (Å²) < 4.78 is 0. The average Bonchev–Trinajstić information content (AvgIpc) is 3.34. The Morgan fingerprint density at radius 3 is 2.33 bits per heavy atom. The van der Waals surface area contributed by atoms with Gasteiger partial charge < -0.3 is 25.2 Å². The lowest BCUT2D eigenvalue weighted by Gasteiger charge is -2.23. The molecule has 0 unspecified atom stereocenters. The van der Waals surface area contributed by atoms with Crippen molar-refractivity contribution < 1.29 is 14.7 Å². The number of benzene rings is 3. The quantitative estimate of drug-likeness (QED) is 0.193. The summed E-state index contributed by atoms with van der Waals surface area (Å²) in [5.74, 6) is 0.384. The number of hydrogen-bond acceptors (Lipinski definition) is 5. The normalized spacial score (nSPS) is 14.3. The molecule has 2 amide bonds. The highest BCUT2D eigenvalue weighted by atomic mass is 16.3. The number of aromatic hydroxyl groups is 1. The number of aliphatic imine (C=N–C) groups is 1. The van der Waals surface area contributed by atoms with Crippen LogP contribution in [0.5, 0.6) is 5.88 Å². The van der Waals surface area contributed by atoms with Crippen LogP contribution in [0.3, 0.4) is 0 Å². The van der Waals surface area contributed by atoms with Gasteiger partial charge in [0.05, 0.1) is 17.0 Å². The number of likely N-dealkylation sites (N-methyl/N-ethyl adjacent to an activating group) is 1. The van der Waals surface area contributed by atoms with Crippen LogP contribution in [0.4, 0.5) is 11.4 Å². The van der Waals surface area contributed by atoms with Gasteiger partial charge in [0, 0.05) is 54.3 Å². The zero-order valence-electron chi connectivity index (χ0n) is 25.3. The first-order valence-electron chi connectivity index (χ1n) is 15.1. The first-order valence-corrected chi connectivity index (χ1v) is 15.1. The molecular formula is C35H41N5O3. The van der Waals surface area contributed by atoms with Gasteiger partial charge in [0.25, 0.3) is 5.91 Å². The predicted molar refractivity (Wildman–Crippen MR) is 174 cm³/mol. The SMILES string of the molecule is CC(=O)N(CCN(C)C)c1ccc(N=C(c2ccccc2)c2c(O)[nH]c3ccc(C(=O)NCC4CCCCC4)cc23)cc1. The standard InChI is InChI=1S/C35H41N5O3/c1-24(41)40(21-20-39(2)3)29-17-15-28(16-18-29)37-33(26-12-8-5-9-13-26)32-30-22-27(14-19-31(30)38-35(32)43)34(42)36-23-25-10-6-4-7-11-25/h5,8-9,12-19,22,25,38,43H,4,6-7,10-11,20-21,23H2,1-3H3,(H,36,42). The van der Waals surface area contributed by atoms with Crippen LogP contribution in [-0.4, -0.2) is 66.2 Å². The van der Waals surface area contributed by atoms with E-state index in [-0.39, 0.29) is 17.7 Å². The molecule has 4 aromatic rings. The predicted octanol–water partition coefficient (Wildman–Crippen LogP) is 6.27. The minimum absolute atomic E-state index is 0.0135. The van der Waals surface area contributed by atoms with Gasteiger partial charge in [-0.1, -0.05) is 49.6 Å². The summed E-state index contributed by atoms with van der Waals surface area (Å²) >= 11 is 0. The number of carbonyl (C=O) groups excluding carboxylic acids is 2. The van der Waals surface area contributed by atoms with Crippen LogP contribution in [0.1, 0.15) is 60.5 Å². The van der Waals surface area contributed by atoms with Gasteiger partial charge in [-0.15, -0.1) is 0 Å². The summed E-state index contributed by atoms with van der Waals surface area (Å²) in [5.41, 5.74) is 4.67. The third-order valence-corrected chi connectivity index (χ3v) is 8.15. The third kappa shape index (κ3) is 7.32. The van der Waals surface area contributed by atoms with Gasteiger partial charge >= 0.3 is 0 Å². The van der Waals surface area contributed by atoms with E-state index < -0.39 is 0 Å². The molecule has 1 fully saturated rings. The van der Waals surface area contributed by atoms with Gasteiger partial charge in [-0.05, 0) is 75.3 Å². The minimum atomic E-state index is -0.114. The Morgan fingerprint density at radius 1 is 0.930 bits per heavy atom. The average molecular weight is 580 g/mol. The number of nitrogens with zero attached hydrogens (tertiary/aromatic N) is 3. The maximum Gasteiger partial charge on any atom is 0.251 e. The van der Waals surface area contributed by atoms with Crippen LogP contribution in [0.25, 0.3) is 10.9 Å². The van der Waals surface area contributed by atoms with E-state index in [2.05, 4.69) is 10.3 Å². The van der Waals surface area contributed by atoms with Crippen molar-refractivity contribution in [3.05, 3.63) is 89.5 Å². The van der Waals surface area contributed by atoms with Crippen molar-refractivity contribution >= 4 is 39.8 Å². The molecule has 0 aliphatic heterocycles. The first-order chi connectivity index (χ1) is 20.8. The molecule has 0 radical (unpaired) electrons. The van der Waals surface area contributed by atoms with Gasteiger partial charge in [-0.2, -0.15) is 0 Å². The van der Waals surface area contributed by atoms with E-state index in [0.29, 0.717) is 52.4 Å². The van der Waals surface area contributed by atoms with Crippen LogP contribution in [0, 0.1) is 5.92 Å². The fourth-order valence-electron chi connectivity index (χ4n) is 5.75. The van der Waals surface area contributed by atoms with E-state index in [0.717, 1.165) is 30.6 Å². The summed E-state index contributed by atoms with van der Waals surface area (Å²) in [6.45, 7) is 3.59. The highest BCUT2D eigenvalue weighted by molar-refractivity contribution is 6.22. The Kier molecular flexibility index (Phi) is 9.57. The summed E-state index contributed by atoms with van der Waals surface area (Å²) in [7, 11) is 3.96. The zero-order chi connectivity index (χ0) is 30.3. The second kappa shape index (κ2) is 13.7. The number of hydrogen-bond donors (Lipinski definition) is 3. The highest BCUT2D eigenvalue weighted by Gasteiger charge is 2.21. The largest absolute Gasteiger partial charge is 0.494 e. The molecule has 1 saturated carbocycles. The van der Waals surface area contributed by atoms with E-state index in [1.54, 1.807) is 17.9 Å². The van der Waals surface area contributed by atoms with Crippen molar-refractivity contribution in [2.45, 2.75) is 39.0 Å². The van der Waals surface area contributed by atoms with Crippen molar-refractivity contribution in [2.24, 2.45) is 10.9 Å². The van der Waals surface area contributed by atoms with Crippen LogP contribution in [0.15, 0.2) is 77.8 Å². The molecule has 0 saturated heterocycles. The third-order valence-electron chi connectivity index (χ3n) is 8.15. The van der Waals surface area contributed by atoms with Crippen molar-refractivity contribution in [1.82, 2.24) is 15.2 Å². The lowest BCUT2D eigenvalue weighted by Crippen LogP contribution is -2.35. The number of fused-ring (bicyclic) bond motifs is 1. The maximum absolute atomic E-state index is 13.2. The molecule has 8 nitrogen and oxygen atoms in total. The number of rotatable bonds is 10. The van der Waals surface area contributed by atoms with Gasteiger partial charge in [0.15, 0.2) is 5.88 Å². The molecule has 3 aromatic carbocycles. The molecule has 5 rings (SSSR count). The van der Waals surface area contributed by atoms with Crippen molar-refractivity contribution in [3.8, 4) is 5.88 Å². The molecule has 224 valence electrons. The van der Waals surface area contributed by atoms with E-state index in [1.807, 2.05) is 85.7 Å². The Labute approximate surface area is 253 Å². The van der Waals surface area contributed by atoms with E-state index in [1.165, 1.54) is 19.3 Å². The van der Waals surface area contributed by atoms with E-state index >= 15 is 0 Å². The van der Waals surface area contributed by atoms with E-state index in [9.17, 15) is 14.7 Å². The molecule has 3 N–H and O–H groups in total. The van der Waals surface area contributed by atoms with Crippen molar-refractivity contribution in [3.63, 3.8) is 0 Å². The summed E-state index contributed by atoms with van der Waals surface area (Å²) in [6.07, 6.45) is 6.07. The van der Waals surface area contributed by atoms with Gasteiger partial charge in [-0.3, -0.25) is 9.59 Å². The smallest absolute Gasteiger partial charge is 0.251 e. The van der Waals surface area contributed by atoms with Gasteiger partial charge in [0.1, 0.15) is 0 Å².